The lowest BCUT2D eigenvalue weighted by Crippen LogP contribution is -2.46. The fourth-order valence-electron chi connectivity index (χ4n) is 4.51. The number of hydrogen-bond acceptors (Lipinski definition) is 6. The largest absolute Gasteiger partial charge is 0.486 e. The van der Waals surface area contributed by atoms with Gasteiger partial charge in [-0.05, 0) is 69.1 Å². The van der Waals surface area contributed by atoms with Crippen molar-refractivity contribution in [2.45, 2.75) is 32.2 Å². The van der Waals surface area contributed by atoms with Gasteiger partial charge in [0.1, 0.15) is 13.2 Å². The molecule has 5 rings (SSSR count). The van der Waals surface area contributed by atoms with Gasteiger partial charge in [0.15, 0.2) is 11.5 Å². The molecule has 1 saturated heterocycles. The third kappa shape index (κ3) is 5.69. The molecule has 34 heavy (non-hydrogen) atoms. The van der Waals surface area contributed by atoms with Crippen LogP contribution in [-0.4, -0.2) is 54.8 Å². The van der Waals surface area contributed by atoms with E-state index in [1.165, 1.54) is 12.8 Å². The van der Waals surface area contributed by atoms with Crippen molar-refractivity contribution in [1.82, 2.24) is 15.2 Å². The zero-order valence-corrected chi connectivity index (χ0v) is 20.2. The lowest BCUT2D eigenvalue weighted by molar-refractivity contribution is 0.171. The molecule has 1 fully saturated rings. The van der Waals surface area contributed by atoms with Gasteiger partial charge in [-0.2, -0.15) is 0 Å². The summed E-state index contributed by atoms with van der Waals surface area (Å²) in [5, 5.41) is 9.27. The van der Waals surface area contributed by atoms with E-state index >= 15 is 0 Å². The number of anilines is 1. The molecule has 0 radical (unpaired) electrons. The van der Waals surface area contributed by atoms with Crippen LogP contribution < -0.4 is 20.1 Å². The van der Waals surface area contributed by atoms with E-state index in [0.717, 1.165) is 65.1 Å². The molecule has 2 aliphatic heterocycles. The molecule has 3 heterocycles. The zero-order valence-electron chi connectivity index (χ0n) is 19.4. The number of nitrogens with one attached hydrogen (secondary N) is 2. The number of hydrogen-bond donors (Lipinski definition) is 2. The second-order valence-electron chi connectivity index (χ2n) is 8.81. The molecular formula is C26H30N4O3S. The summed E-state index contributed by atoms with van der Waals surface area (Å²) in [6.45, 7) is 6.13. The lowest BCUT2D eigenvalue weighted by atomic mass is 10.0. The summed E-state index contributed by atoms with van der Waals surface area (Å²) in [7, 11) is 0. The molecule has 0 saturated carbocycles. The first-order chi connectivity index (χ1) is 16.6. The van der Waals surface area contributed by atoms with Crippen LogP contribution in [0.5, 0.6) is 11.5 Å². The number of carbonyl (C=O) groups is 1. The van der Waals surface area contributed by atoms with Gasteiger partial charge in [-0.25, -0.2) is 9.78 Å². The first-order valence-electron chi connectivity index (χ1n) is 11.8. The Morgan fingerprint density at radius 2 is 1.85 bits per heavy atom. The molecule has 2 aliphatic rings. The number of thiazole rings is 1. The number of rotatable bonds is 7. The highest BCUT2D eigenvalue weighted by atomic mass is 32.1. The predicted molar refractivity (Wildman–Crippen MR) is 135 cm³/mol. The van der Waals surface area contributed by atoms with Crippen LogP contribution in [0.3, 0.4) is 0 Å². The van der Waals surface area contributed by atoms with Gasteiger partial charge in [0.05, 0.1) is 10.7 Å². The quantitative estimate of drug-likeness (QED) is 0.514. The van der Waals surface area contributed by atoms with Crippen LogP contribution in [0.15, 0.2) is 47.8 Å². The Balaban J connectivity index is 1.23. The maximum absolute atomic E-state index is 12.9. The van der Waals surface area contributed by atoms with Gasteiger partial charge in [0.2, 0.25) is 0 Å². The molecule has 1 atom stereocenters. The normalized spacial score (nSPS) is 16.3. The number of benzene rings is 2. The van der Waals surface area contributed by atoms with Crippen LogP contribution in [0.25, 0.3) is 11.3 Å². The molecule has 2 aromatic carbocycles. The molecule has 0 bridgehead atoms. The summed E-state index contributed by atoms with van der Waals surface area (Å²) in [5.41, 5.74) is 3.88. The van der Waals surface area contributed by atoms with Gasteiger partial charge >= 0.3 is 6.03 Å². The maximum Gasteiger partial charge on any atom is 0.319 e. The van der Waals surface area contributed by atoms with E-state index in [9.17, 15) is 4.79 Å². The summed E-state index contributed by atoms with van der Waals surface area (Å²) in [4.78, 5) is 19.8. The van der Waals surface area contributed by atoms with Crippen LogP contribution in [-0.2, 0) is 6.42 Å². The summed E-state index contributed by atoms with van der Waals surface area (Å²) in [6, 6.07) is 13.6. The molecule has 0 spiro atoms. The smallest absolute Gasteiger partial charge is 0.319 e. The Morgan fingerprint density at radius 3 is 2.59 bits per heavy atom. The summed E-state index contributed by atoms with van der Waals surface area (Å²) in [5.74, 6) is 1.57. The molecule has 3 aromatic rings. The minimum atomic E-state index is -0.195. The maximum atomic E-state index is 12.9. The van der Waals surface area contributed by atoms with Crippen LogP contribution in [0.4, 0.5) is 10.5 Å². The molecule has 8 heteroatoms. The molecule has 2 amide bonds. The van der Waals surface area contributed by atoms with Gasteiger partial charge in [-0.1, -0.05) is 18.2 Å². The number of carbonyl (C=O) groups excluding carboxylic acids is 1. The van der Waals surface area contributed by atoms with Crippen molar-refractivity contribution in [3.8, 4) is 22.8 Å². The summed E-state index contributed by atoms with van der Waals surface area (Å²) in [6.07, 6.45) is 3.16. The minimum absolute atomic E-state index is 0.0158. The van der Waals surface area contributed by atoms with Gasteiger partial charge < -0.3 is 25.0 Å². The highest BCUT2D eigenvalue weighted by Gasteiger charge is 2.21. The molecule has 1 aromatic heterocycles. The number of urea groups is 1. The molecule has 0 aliphatic carbocycles. The van der Waals surface area contributed by atoms with Crippen molar-refractivity contribution < 1.29 is 14.3 Å². The van der Waals surface area contributed by atoms with Gasteiger partial charge in [-0.3, -0.25) is 0 Å². The number of fused-ring (bicyclic) bond motifs is 1. The van der Waals surface area contributed by atoms with E-state index in [2.05, 4.69) is 26.6 Å². The van der Waals surface area contributed by atoms with Crippen molar-refractivity contribution in [2.24, 2.45) is 0 Å². The topological polar surface area (TPSA) is 75.7 Å². The van der Waals surface area contributed by atoms with E-state index in [4.69, 9.17) is 9.47 Å². The number of nitrogens with zero attached hydrogens (tertiary/aromatic N) is 2. The molecule has 7 nitrogen and oxygen atoms in total. The summed E-state index contributed by atoms with van der Waals surface area (Å²) < 4.78 is 11.4. The average molecular weight is 479 g/mol. The predicted octanol–water partition coefficient (Wildman–Crippen LogP) is 4.72. The van der Waals surface area contributed by atoms with Crippen LogP contribution in [0.1, 0.15) is 23.4 Å². The van der Waals surface area contributed by atoms with Crippen LogP contribution in [0.2, 0.25) is 0 Å². The number of amides is 2. The van der Waals surface area contributed by atoms with Crippen molar-refractivity contribution in [2.75, 3.05) is 38.2 Å². The van der Waals surface area contributed by atoms with E-state index in [1.54, 1.807) is 11.3 Å². The Labute approximate surface area is 204 Å². The second-order valence-corrected chi connectivity index (χ2v) is 9.88. The fraction of sp³-hybridized carbons (Fsp3) is 0.385. The third-order valence-corrected chi connectivity index (χ3v) is 6.93. The number of likely N-dealkylation sites (tertiary alicyclic amines) is 1. The van der Waals surface area contributed by atoms with Crippen LogP contribution in [0, 0.1) is 6.92 Å². The second kappa shape index (κ2) is 10.4. The van der Waals surface area contributed by atoms with Crippen molar-refractivity contribution in [3.05, 3.63) is 58.4 Å². The number of aromatic nitrogens is 1. The van der Waals surface area contributed by atoms with E-state index in [-0.39, 0.29) is 12.1 Å². The SMILES string of the molecule is Cc1nc(-c2ccc(NC(=O)NC(Cc3ccc4c(c3)OCCO4)CN3CCCC3)cc2)cs1. The van der Waals surface area contributed by atoms with Crippen LogP contribution >= 0.6 is 11.3 Å². The van der Waals surface area contributed by atoms with Gasteiger partial charge in [-0.15, -0.1) is 11.3 Å². The minimum Gasteiger partial charge on any atom is -0.486 e. The molecule has 2 N–H and O–H groups in total. The van der Waals surface area contributed by atoms with E-state index in [1.807, 2.05) is 48.7 Å². The average Bonchev–Trinajstić information content (AvgIpc) is 3.51. The van der Waals surface area contributed by atoms with Crippen molar-refractivity contribution in [1.29, 1.82) is 0 Å². The monoisotopic (exact) mass is 478 g/mol. The first kappa shape index (κ1) is 22.7. The van der Waals surface area contributed by atoms with Gasteiger partial charge in [0, 0.05) is 29.2 Å². The number of aryl methyl sites for hydroxylation is 1. The lowest BCUT2D eigenvalue weighted by Gasteiger charge is -2.25. The van der Waals surface area contributed by atoms with Crippen molar-refractivity contribution in [3.63, 3.8) is 0 Å². The Morgan fingerprint density at radius 1 is 1.09 bits per heavy atom. The fourth-order valence-corrected chi connectivity index (χ4v) is 5.13. The standard InChI is InChI=1S/C26H30N4O3S/c1-18-27-23(17-34-18)20-5-7-21(8-6-20)28-26(31)29-22(16-30-10-2-3-11-30)14-19-4-9-24-25(15-19)33-13-12-32-24/h4-9,15,17,22H,2-3,10-14,16H2,1H3,(H2,28,29,31). The molecule has 178 valence electrons. The Hall–Kier alpha value is -3.10. The molecule has 1 unspecified atom stereocenters. The zero-order chi connectivity index (χ0) is 23.3. The number of ether oxygens (including phenoxy) is 2. The highest BCUT2D eigenvalue weighted by Crippen LogP contribution is 2.31. The third-order valence-electron chi connectivity index (χ3n) is 6.16. The Bertz CT molecular complexity index is 1130. The van der Waals surface area contributed by atoms with E-state index < -0.39 is 0 Å². The highest BCUT2D eigenvalue weighted by molar-refractivity contribution is 7.09. The van der Waals surface area contributed by atoms with Gasteiger partial charge in [0.25, 0.3) is 0 Å². The summed E-state index contributed by atoms with van der Waals surface area (Å²) >= 11 is 1.63. The molecular weight excluding hydrogens is 448 g/mol. The van der Waals surface area contributed by atoms with Crippen molar-refractivity contribution >= 4 is 23.1 Å². The first-order valence-corrected chi connectivity index (χ1v) is 12.7. The van der Waals surface area contributed by atoms with E-state index in [0.29, 0.717) is 13.2 Å². The Kier molecular flexibility index (Phi) is 6.97.